The number of pyridine rings is 1. The van der Waals surface area contributed by atoms with Gasteiger partial charge in [0.1, 0.15) is 20.2 Å². The lowest BCUT2D eigenvalue weighted by atomic mass is 10.0. The van der Waals surface area contributed by atoms with E-state index in [2.05, 4.69) is 4.98 Å². The number of hydrogen-bond acceptors (Lipinski definition) is 3. The van der Waals surface area contributed by atoms with Gasteiger partial charge in [-0.2, -0.15) is 0 Å². The Balaban J connectivity index is 2.56. The Bertz CT molecular complexity index is 278. The van der Waals surface area contributed by atoms with Crippen LogP contribution in [-0.4, -0.2) is 33.2 Å². The van der Waals surface area contributed by atoms with Crippen LogP contribution in [0.5, 0.6) is 5.75 Å². The molecule has 13 heavy (non-hydrogen) atoms. The molecule has 1 aromatic heterocycles. The summed E-state index contributed by atoms with van der Waals surface area (Å²) in [6.45, 7) is 2.96. The van der Waals surface area contributed by atoms with Gasteiger partial charge in [-0.05, 0) is 24.6 Å². The number of hydrogen-bond donors (Lipinski definition) is 0. The molecule has 0 aliphatic heterocycles. The van der Waals surface area contributed by atoms with Crippen LogP contribution in [0.25, 0.3) is 0 Å². The monoisotopic (exact) mass is 177 g/mol. The smallest absolute Gasteiger partial charge is 0.141 e. The largest absolute Gasteiger partial charge is 0.489 e. The Morgan fingerprint density at radius 1 is 1.38 bits per heavy atom. The van der Waals surface area contributed by atoms with Crippen LogP contribution in [0, 0.1) is 6.92 Å². The average molecular weight is 177 g/mol. The molecule has 2 radical (unpaired) electrons. The molecule has 0 unspecified atom stereocenters. The molecule has 0 aromatic carbocycles. The lowest BCUT2D eigenvalue weighted by molar-refractivity contribution is 0.145. The van der Waals surface area contributed by atoms with Gasteiger partial charge in [0.2, 0.25) is 0 Å². The van der Waals surface area contributed by atoms with Crippen molar-refractivity contribution in [2.75, 3.05) is 20.3 Å². The fourth-order valence-electron chi connectivity index (χ4n) is 0.955. The SMILES string of the molecule is [B]c1ccc(OCCOC)c(C)n1. The highest BCUT2D eigenvalue weighted by Crippen LogP contribution is 2.11. The van der Waals surface area contributed by atoms with Gasteiger partial charge in [0.15, 0.2) is 0 Å². The van der Waals surface area contributed by atoms with Crippen molar-refractivity contribution < 1.29 is 9.47 Å². The number of nitrogens with zero attached hydrogens (tertiary/aromatic N) is 1. The van der Waals surface area contributed by atoms with Crippen molar-refractivity contribution in [1.29, 1.82) is 0 Å². The van der Waals surface area contributed by atoms with E-state index in [1.165, 1.54) is 0 Å². The molecular formula is C9H12BNO2. The molecule has 0 spiro atoms. The lowest BCUT2D eigenvalue weighted by Gasteiger charge is -2.08. The molecular weight excluding hydrogens is 165 g/mol. The van der Waals surface area contributed by atoms with Gasteiger partial charge in [-0.3, -0.25) is 4.98 Å². The molecule has 0 saturated carbocycles. The second kappa shape index (κ2) is 4.87. The van der Waals surface area contributed by atoms with Crippen molar-refractivity contribution in [3.63, 3.8) is 0 Å². The van der Waals surface area contributed by atoms with Crippen molar-refractivity contribution in [2.45, 2.75) is 6.92 Å². The summed E-state index contributed by atoms with van der Waals surface area (Å²) in [5.41, 5.74) is 1.31. The summed E-state index contributed by atoms with van der Waals surface area (Å²) in [7, 11) is 7.13. The Kier molecular flexibility index (Phi) is 3.77. The number of aromatic nitrogens is 1. The van der Waals surface area contributed by atoms with Gasteiger partial charge in [-0.1, -0.05) is 0 Å². The zero-order valence-electron chi connectivity index (χ0n) is 7.91. The number of aryl methyl sites for hydroxylation is 1. The molecule has 1 aromatic rings. The number of methoxy groups -OCH3 is 1. The summed E-state index contributed by atoms with van der Waals surface area (Å²) in [5, 5.41) is 0. The van der Waals surface area contributed by atoms with E-state index in [0.717, 1.165) is 11.4 Å². The maximum absolute atomic E-state index is 5.49. The van der Waals surface area contributed by atoms with Gasteiger partial charge in [0.05, 0.1) is 12.3 Å². The molecule has 4 heteroatoms. The van der Waals surface area contributed by atoms with Crippen LogP contribution < -0.4 is 10.3 Å². The standard InChI is InChI=1S/C9H12BNO2/c1-7-8(13-6-5-12-2)3-4-9(10)11-7/h3-4H,5-6H2,1-2H3. The van der Waals surface area contributed by atoms with Gasteiger partial charge in [-0.15, -0.1) is 0 Å². The van der Waals surface area contributed by atoms with Gasteiger partial charge < -0.3 is 9.47 Å². The summed E-state index contributed by atoms with van der Waals surface area (Å²) in [4.78, 5) is 4.06. The number of ether oxygens (including phenoxy) is 2. The molecule has 0 N–H and O–H groups in total. The van der Waals surface area contributed by atoms with Crippen molar-refractivity contribution in [3.8, 4) is 5.75 Å². The van der Waals surface area contributed by atoms with E-state index in [4.69, 9.17) is 17.3 Å². The van der Waals surface area contributed by atoms with Gasteiger partial charge in [0, 0.05) is 7.11 Å². The molecule has 0 fully saturated rings. The Labute approximate surface area is 79.5 Å². The van der Waals surface area contributed by atoms with Gasteiger partial charge in [0.25, 0.3) is 0 Å². The van der Waals surface area contributed by atoms with E-state index in [1.807, 2.05) is 13.0 Å². The molecule has 0 atom stereocenters. The van der Waals surface area contributed by atoms with Crippen molar-refractivity contribution in [1.82, 2.24) is 4.98 Å². The highest BCUT2D eigenvalue weighted by molar-refractivity contribution is 6.30. The fraction of sp³-hybridized carbons (Fsp3) is 0.444. The molecule has 0 aliphatic rings. The zero-order valence-corrected chi connectivity index (χ0v) is 7.91. The van der Waals surface area contributed by atoms with Crippen LogP contribution in [0.2, 0.25) is 0 Å². The maximum atomic E-state index is 5.49. The fourth-order valence-corrected chi connectivity index (χ4v) is 0.955. The van der Waals surface area contributed by atoms with E-state index < -0.39 is 0 Å². The maximum Gasteiger partial charge on any atom is 0.141 e. The molecule has 68 valence electrons. The lowest BCUT2D eigenvalue weighted by Crippen LogP contribution is -2.11. The summed E-state index contributed by atoms with van der Waals surface area (Å²) >= 11 is 0. The van der Waals surface area contributed by atoms with E-state index in [0.29, 0.717) is 18.8 Å². The molecule has 3 nitrogen and oxygen atoms in total. The highest BCUT2D eigenvalue weighted by Gasteiger charge is 1.99. The molecule has 0 aliphatic carbocycles. The van der Waals surface area contributed by atoms with Crippen LogP contribution in [0.4, 0.5) is 0 Å². The molecule has 1 heterocycles. The van der Waals surface area contributed by atoms with Gasteiger partial charge in [-0.25, -0.2) is 0 Å². The topological polar surface area (TPSA) is 31.4 Å². The first kappa shape index (κ1) is 10.1. The summed E-state index contributed by atoms with van der Waals surface area (Å²) in [6.07, 6.45) is 0. The van der Waals surface area contributed by atoms with Crippen LogP contribution in [-0.2, 0) is 4.74 Å². The first-order chi connectivity index (χ1) is 6.24. The van der Waals surface area contributed by atoms with E-state index in [9.17, 15) is 0 Å². The Hall–Kier alpha value is -1.03. The zero-order chi connectivity index (χ0) is 9.68. The summed E-state index contributed by atoms with van der Waals surface area (Å²) in [6, 6.07) is 3.53. The minimum atomic E-state index is 0.511. The minimum Gasteiger partial charge on any atom is -0.489 e. The van der Waals surface area contributed by atoms with Crippen molar-refractivity contribution in [3.05, 3.63) is 17.8 Å². The quantitative estimate of drug-likeness (QED) is 0.486. The molecule has 1 rings (SSSR count). The predicted molar refractivity (Wildman–Crippen MR) is 51.7 cm³/mol. The average Bonchev–Trinajstić information content (AvgIpc) is 2.09. The van der Waals surface area contributed by atoms with Gasteiger partial charge >= 0.3 is 0 Å². The third-order valence-electron chi connectivity index (χ3n) is 1.60. The summed E-state index contributed by atoms with van der Waals surface area (Å²) < 4.78 is 10.2. The third kappa shape index (κ3) is 3.07. The Morgan fingerprint density at radius 2 is 2.15 bits per heavy atom. The van der Waals surface area contributed by atoms with Crippen LogP contribution in [0.3, 0.4) is 0 Å². The first-order valence-corrected chi connectivity index (χ1v) is 4.09. The van der Waals surface area contributed by atoms with E-state index >= 15 is 0 Å². The van der Waals surface area contributed by atoms with E-state index in [-0.39, 0.29) is 0 Å². The van der Waals surface area contributed by atoms with Crippen LogP contribution in [0.15, 0.2) is 12.1 Å². The first-order valence-electron chi connectivity index (χ1n) is 4.09. The molecule has 0 amide bonds. The van der Waals surface area contributed by atoms with Crippen LogP contribution in [0.1, 0.15) is 5.69 Å². The minimum absolute atomic E-state index is 0.511. The van der Waals surface area contributed by atoms with Crippen molar-refractivity contribution >= 4 is 13.4 Å². The van der Waals surface area contributed by atoms with Crippen molar-refractivity contribution in [2.24, 2.45) is 0 Å². The molecule has 0 bridgehead atoms. The predicted octanol–water partition coefficient (Wildman–Crippen LogP) is 0.209. The highest BCUT2D eigenvalue weighted by atomic mass is 16.5. The summed E-state index contributed by atoms with van der Waals surface area (Å²) in [5.74, 6) is 0.756. The van der Waals surface area contributed by atoms with E-state index in [1.54, 1.807) is 13.2 Å². The Morgan fingerprint density at radius 3 is 2.77 bits per heavy atom. The second-order valence-corrected chi connectivity index (χ2v) is 2.66. The second-order valence-electron chi connectivity index (χ2n) is 2.66. The number of rotatable bonds is 4. The van der Waals surface area contributed by atoms with Crippen LogP contribution >= 0.6 is 0 Å². The third-order valence-corrected chi connectivity index (χ3v) is 1.60. The molecule has 0 saturated heterocycles. The normalized spacial score (nSPS) is 10.0.